The minimum absolute atomic E-state index is 0.303. The molecule has 1 aromatic carbocycles. The number of anilines is 1. The molecule has 0 saturated heterocycles. The molecule has 0 saturated carbocycles. The number of hydrogen-bond donors (Lipinski definition) is 1. The van der Waals surface area contributed by atoms with Crippen molar-refractivity contribution in [2.75, 3.05) is 11.4 Å². The molecule has 0 unspecified atom stereocenters. The minimum Gasteiger partial charge on any atom is -0.389 e. The van der Waals surface area contributed by atoms with Crippen molar-refractivity contribution < 1.29 is 9.50 Å². The summed E-state index contributed by atoms with van der Waals surface area (Å²) in [6, 6.07) is 4.96. The summed E-state index contributed by atoms with van der Waals surface area (Å²) >= 11 is 0. The van der Waals surface area contributed by atoms with Crippen LogP contribution >= 0.6 is 0 Å². The van der Waals surface area contributed by atoms with Gasteiger partial charge in [0.15, 0.2) is 0 Å². The number of rotatable bonds is 5. The van der Waals surface area contributed by atoms with Crippen molar-refractivity contribution >= 4 is 5.69 Å². The molecular weight excluding hydrogens is 229 g/mol. The fourth-order valence-electron chi connectivity index (χ4n) is 2.10. The van der Waals surface area contributed by atoms with Gasteiger partial charge in [0.2, 0.25) is 0 Å². The maximum absolute atomic E-state index is 13.3. The third kappa shape index (κ3) is 3.70. The molecule has 2 nitrogen and oxygen atoms in total. The van der Waals surface area contributed by atoms with Gasteiger partial charge >= 0.3 is 0 Å². The summed E-state index contributed by atoms with van der Waals surface area (Å²) in [5.41, 5.74) is 1.58. The lowest BCUT2D eigenvalue weighted by Gasteiger charge is -2.33. The van der Waals surface area contributed by atoms with Gasteiger partial charge in [-0.3, -0.25) is 0 Å². The van der Waals surface area contributed by atoms with Crippen LogP contribution in [0.1, 0.15) is 46.3 Å². The fraction of sp³-hybridized carbons (Fsp3) is 0.600. The van der Waals surface area contributed by atoms with Crippen molar-refractivity contribution in [3.05, 3.63) is 29.6 Å². The molecule has 0 aliphatic carbocycles. The van der Waals surface area contributed by atoms with Crippen molar-refractivity contribution in [1.29, 1.82) is 0 Å². The van der Waals surface area contributed by atoms with Crippen LogP contribution in [0.4, 0.5) is 10.1 Å². The van der Waals surface area contributed by atoms with Crippen LogP contribution in [0.3, 0.4) is 0 Å². The van der Waals surface area contributed by atoms with E-state index in [-0.39, 0.29) is 5.82 Å². The minimum atomic E-state index is -0.663. The fourth-order valence-corrected chi connectivity index (χ4v) is 2.10. The van der Waals surface area contributed by atoms with E-state index < -0.39 is 6.10 Å². The smallest absolute Gasteiger partial charge is 0.123 e. The van der Waals surface area contributed by atoms with E-state index in [9.17, 15) is 9.50 Å². The van der Waals surface area contributed by atoms with Gasteiger partial charge in [-0.1, -0.05) is 13.8 Å². The highest BCUT2D eigenvalue weighted by atomic mass is 19.1. The van der Waals surface area contributed by atoms with Gasteiger partial charge in [-0.05, 0) is 44.9 Å². The Morgan fingerprint density at radius 1 is 1.17 bits per heavy atom. The lowest BCUT2D eigenvalue weighted by atomic mass is 10.0. The second-order valence-electron chi connectivity index (χ2n) is 5.52. The molecule has 0 fully saturated rings. The van der Waals surface area contributed by atoms with Crippen LogP contribution in [0.15, 0.2) is 18.2 Å². The summed E-state index contributed by atoms with van der Waals surface area (Å²) in [5, 5.41) is 9.80. The molecular formula is C15H24FNO. The summed E-state index contributed by atoms with van der Waals surface area (Å²) in [5.74, 6) is 0.210. The Bertz CT molecular complexity index is 388. The van der Waals surface area contributed by atoms with Crippen LogP contribution < -0.4 is 4.90 Å². The lowest BCUT2D eigenvalue weighted by Crippen LogP contribution is -2.35. The molecule has 0 bridgehead atoms. The van der Waals surface area contributed by atoms with Crippen molar-refractivity contribution in [3.8, 4) is 0 Å². The van der Waals surface area contributed by atoms with E-state index in [4.69, 9.17) is 0 Å². The molecule has 0 heterocycles. The molecule has 3 heteroatoms. The molecule has 0 amide bonds. The van der Waals surface area contributed by atoms with E-state index in [0.717, 1.165) is 12.2 Å². The Hall–Kier alpha value is -1.09. The van der Waals surface area contributed by atoms with Crippen LogP contribution in [-0.2, 0) is 0 Å². The Balaban J connectivity index is 3.18. The monoisotopic (exact) mass is 253 g/mol. The van der Waals surface area contributed by atoms with Crippen LogP contribution in [0.25, 0.3) is 0 Å². The largest absolute Gasteiger partial charge is 0.389 e. The average molecular weight is 253 g/mol. The summed E-state index contributed by atoms with van der Waals surface area (Å²) in [6.45, 7) is 11.1. The Kier molecular flexibility index (Phi) is 5.15. The lowest BCUT2D eigenvalue weighted by molar-refractivity contribution is 0.199. The highest BCUT2D eigenvalue weighted by Crippen LogP contribution is 2.29. The van der Waals surface area contributed by atoms with E-state index in [0.29, 0.717) is 17.5 Å². The number of aliphatic hydroxyl groups excluding tert-OH is 1. The van der Waals surface area contributed by atoms with Gasteiger partial charge in [0.25, 0.3) is 0 Å². The topological polar surface area (TPSA) is 23.5 Å². The quantitative estimate of drug-likeness (QED) is 0.864. The van der Waals surface area contributed by atoms with E-state index in [2.05, 4.69) is 32.6 Å². The standard InChI is InChI=1S/C15H24FNO/c1-10(2)9-17(11(3)4)15-7-6-13(16)8-14(15)12(5)18/h6-8,10-12,18H,9H2,1-5H3/t12-/m0/s1. The molecule has 1 rings (SSSR count). The molecule has 0 spiro atoms. The average Bonchev–Trinajstić information content (AvgIpc) is 2.25. The molecule has 0 aliphatic heterocycles. The van der Waals surface area contributed by atoms with Crippen LogP contribution in [0, 0.1) is 11.7 Å². The first-order valence-corrected chi connectivity index (χ1v) is 6.57. The zero-order chi connectivity index (χ0) is 13.9. The Morgan fingerprint density at radius 2 is 1.78 bits per heavy atom. The predicted octanol–water partition coefficient (Wildman–Crippen LogP) is 3.75. The van der Waals surface area contributed by atoms with Crippen molar-refractivity contribution in [2.45, 2.75) is 46.8 Å². The van der Waals surface area contributed by atoms with Crippen molar-refractivity contribution in [3.63, 3.8) is 0 Å². The summed E-state index contributed by atoms with van der Waals surface area (Å²) in [4.78, 5) is 2.21. The first-order valence-electron chi connectivity index (χ1n) is 6.57. The number of nitrogens with zero attached hydrogens (tertiary/aromatic N) is 1. The van der Waals surface area contributed by atoms with Crippen molar-refractivity contribution in [1.82, 2.24) is 0 Å². The molecule has 18 heavy (non-hydrogen) atoms. The van der Waals surface area contributed by atoms with Gasteiger partial charge in [0.1, 0.15) is 5.82 Å². The van der Waals surface area contributed by atoms with Crippen LogP contribution in [0.2, 0.25) is 0 Å². The summed E-state index contributed by atoms with van der Waals surface area (Å²) < 4.78 is 13.3. The molecule has 0 aromatic heterocycles. The van der Waals surface area contributed by atoms with Gasteiger partial charge in [0, 0.05) is 23.8 Å². The van der Waals surface area contributed by atoms with Gasteiger partial charge < -0.3 is 10.0 Å². The van der Waals surface area contributed by atoms with Gasteiger partial charge in [0.05, 0.1) is 6.10 Å². The highest BCUT2D eigenvalue weighted by Gasteiger charge is 2.18. The molecule has 1 aromatic rings. The first-order chi connectivity index (χ1) is 8.32. The first kappa shape index (κ1) is 15.0. The predicted molar refractivity (Wildman–Crippen MR) is 74.4 cm³/mol. The molecule has 102 valence electrons. The molecule has 0 aliphatic rings. The second kappa shape index (κ2) is 6.19. The number of hydrogen-bond acceptors (Lipinski definition) is 2. The maximum Gasteiger partial charge on any atom is 0.123 e. The van der Waals surface area contributed by atoms with E-state index in [1.807, 2.05) is 0 Å². The van der Waals surface area contributed by atoms with Crippen LogP contribution in [0.5, 0.6) is 0 Å². The number of halogens is 1. The Morgan fingerprint density at radius 3 is 2.22 bits per heavy atom. The third-order valence-corrected chi connectivity index (χ3v) is 2.93. The second-order valence-corrected chi connectivity index (χ2v) is 5.52. The Labute approximate surface area is 109 Å². The maximum atomic E-state index is 13.3. The van der Waals surface area contributed by atoms with Gasteiger partial charge in [-0.25, -0.2) is 4.39 Å². The zero-order valence-electron chi connectivity index (χ0n) is 11.9. The normalized spacial score (nSPS) is 13.2. The third-order valence-electron chi connectivity index (χ3n) is 2.93. The zero-order valence-corrected chi connectivity index (χ0v) is 11.9. The summed E-state index contributed by atoms with van der Waals surface area (Å²) in [7, 11) is 0. The van der Waals surface area contributed by atoms with E-state index in [1.54, 1.807) is 13.0 Å². The number of aliphatic hydroxyl groups is 1. The summed E-state index contributed by atoms with van der Waals surface area (Å²) in [6.07, 6.45) is -0.663. The highest BCUT2D eigenvalue weighted by molar-refractivity contribution is 5.55. The molecule has 1 atom stereocenters. The molecule has 1 N–H and O–H groups in total. The SMILES string of the molecule is CC(C)CN(c1ccc(F)cc1[C@H](C)O)C(C)C. The molecule has 0 radical (unpaired) electrons. The van der Waals surface area contributed by atoms with Crippen molar-refractivity contribution in [2.24, 2.45) is 5.92 Å². The number of benzene rings is 1. The van der Waals surface area contributed by atoms with Gasteiger partial charge in [-0.2, -0.15) is 0 Å². The van der Waals surface area contributed by atoms with Crippen LogP contribution in [-0.4, -0.2) is 17.7 Å². The van der Waals surface area contributed by atoms with Gasteiger partial charge in [-0.15, -0.1) is 0 Å². The van der Waals surface area contributed by atoms with E-state index in [1.165, 1.54) is 12.1 Å². The van der Waals surface area contributed by atoms with E-state index >= 15 is 0 Å².